The van der Waals surface area contributed by atoms with Crippen LogP contribution in [0.4, 0.5) is 0 Å². The van der Waals surface area contributed by atoms with Gasteiger partial charge in [0.05, 0.1) is 0 Å². The number of carbonyl (C=O) groups excluding carboxylic acids is 1. The maximum absolute atomic E-state index is 13.4. The highest BCUT2D eigenvalue weighted by Crippen LogP contribution is 2.66. The Kier molecular flexibility index (Phi) is 5.44. The quantitative estimate of drug-likeness (QED) is 0.598. The molecule has 0 radical (unpaired) electrons. The monoisotopic (exact) mass is 310 g/mol. The molecular weight excluding hydrogens is 283 g/mol. The van der Waals surface area contributed by atoms with Crippen LogP contribution in [0, 0.1) is 0 Å². The van der Waals surface area contributed by atoms with Crippen molar-refractivity contribution in [1.82, 2.24) is 0 Å². The van der Waals surface area contributed by atoms with E-state index in [1.807, 2.05) is 71.9 Å². The Labute approximate surface area is 128 Å². The minimum atomic E-state index is -2.74. The third kappa shape index (κ3) is 4.44. The molecule has 0 atom stereocenters. The molecule has 0 heterocycles. The minimum Gasteiger partial charge on any atom is -0.460 e. The van der Waals surface area contributed by atoms with Crippen molar-refractivity contribution < 1.29 is 14.1 Å². The standard InChI is InChI=1S/C17H27O3P/c1-16(2,3)21(19,17(4,5)6)13-15(18)20-12-14-10-8-7-9-11-14/h7-11H,12-13H2,1-6H3. The van der Waals surface area contributed by atoms with E-state index in [1.54, 1.807) is 0 Å². The summed E-state index contributed by atoms with van der Waals surface area (Å²) >= 11 is 0. The van der Waals surface area contributed by atoms with Gasteiger partial charge in [0.25, 0.3) is 0 Å². The van der Waals surface area contributed by atoms with Crippen molar-refractivity contribution in [3.05, 3.63) is 35.9 Å². The van der Waals surface area contributed by atoms with E-state index in [1.165, 1.54) is 0 Å². The first-order valence-electron chi connectivity index (χ1n) is 7.26. The van der Waals surface area contributed by atoms with Crippen molar-refractivity contribution in [3.8, 4) is 0 Å². The molecule has 3 nitrogen and oxygen atoms in total. The van der Waals surface area contributed by atoms with Crippen molar-refractivity contribution in [2.45, 2.75) is 58.5 Å². The molecule has 0 N–H and O–H groups in total. The molecule has 0 aliphatic carbocycles. The van der Waals surface area contributed by atoms with Crippen LogP contribution in [-0.4, -0.2) is 22.4 Å². The van der Waals surface area contributed by atoms with Crippen LogP contribution in [0.1, 0.15) is 47.1 Å². The maximum Gasteiger partial charge on any atom is 0.313 e. The first-order valence-corrected chi connectivity index (χ1v) is 9.15. The highest BCUT2D eigenvalue weighted by atomic mass is 31.2. The molecule has 1 rings (SSSR count). The van der Waals surface area contributed by atoms with Gasteiger partial charge < -0.3 is 9.30 Å². The molecule has 0 aliphatic rings. The molecular formula is C17H27O3P. The molecule has 1 aromatic rings. The van der Waals surface area contributed by atoms with E-state index >= 15 is 0 Å². The SMILES string of the molecule is CC(C)(C)P(=O)(CC(=O)OCc1ccccc1)C(C)(C)C. The predicted octanol–water partition coefficient (Wildman–Crippen LogP) is 4.69. The van der Waals surface area contributed by atoms with Crippen LogP contribution in [0.15, 0.2) is 30.3 Å². The first-order chi connectivity index (χ1) is 9.47. The van der Waals surface area contributed by atoms with Gasteiger partial charge in [-0.2, -0.15) is 0 Å². The predicted molar refractivity (Wildman–Crippen MR) is 88.2 cm³/mol. The van der Waals surface area contributed by atoms with Crippen molar-refractivity contribution >= 4 is 13.1 Å². The Hall–Kier alpha value is -1.08. The number of ether oxygens (including phenoxy) is 1. The smallest absolute Gasteiger partial charge is 0.313 e. The minimum absolute atomic E-state index is 0.00711. The summed E-state index contributed by atoms with van der Waals surface area (Å²) in [5.41, 5.74) is 0.937. The highest BCUT2D eigenvalue weighted by molar-refractivity contribution is 7.67. The lowest BCUT2D eigenvalue weighted by molar-refractivity contribution is -0.141. The summed E-state index contributed by atoms with van der Waals surface area (Å²) in [5, 5.41) is -0.839. The zero-order valence-electron chi connectivity index (χ0n) is 14.0. The van der Waals surface area contributed by atoms with Gasteiger partial charge in [0, 0.05) is 10.3 Å². The summed E-state index contributed by atoms with van der Waals surface area (Å²) in [6.07, 6.45) is -0.00711. The molecule has 0 bridgehead atoms. The highest BCUT2D eigenvalue weighted by Gasteiger charge is 2.47. The number of rotatable bonds is 4. The van der Waals surface area contributed by atoms with Gasteiger partial charge in [0.15, 0.2) is 0 Å². The lowest BCUT2D eigenvalue weighted by Gasteiger charge is -2.40. The van der Waals surface area contributed by atoms with Crippen molar-refractivity contribution in [2.24, 2.45) is 0 Å². The van der Waals surface area contributed by atoms with Gasteiger partial charge in [-0.25, -0.2) is 0 Å². The van der Waals surface area contributed by atoms with Gasteiger partial charge in [0.1, 0.15) is 19.9 Å². The number of hydrogen-bond acceptors (Lipinski definition) is 3. The van der Waals surface area contributed by atoms with E-state index in [0.717, 1.165) is 5.56 Å². The molecule has 4 heteroatoms. The van der Waals surface area contributed by atoms with Crippen LogP contribution in [0.25, 0.3) is 0 Å². The molecule has 0 unspecified atom stereocenters. The maximum atomic E-state index is 13.4. The molecule has 0 spiro atoms. The summed E-state index contributed by atoms with van der Waals surface area (Å²) in [6.45, 7) is 11.8. The van der Waals surface area contributed by atoms with E-state index in [0.29, 0.717) is 0 Å². The van der Waals surface area contributed by atoms with Crippen LogP contribution >= 0.6 is 7.14 Å². The third-order valence-corrected chi connectivity index (χ3v) is 8.80. The number of carbonyl (C=O) groups is 1. The Balaban J connectivity index is 2.77. The normalized spacial score (nSPS) is 13.0. The van der Waals surface area contributed by atoms with E-state index in [-0.39, 0.29) is 18.7 Å². The summed E-state index contributed by atoms with van der Waals surface area (Å²) in [7, 11) is -2.74. The molecule has 0 saturated heterocycles. The largest absolute Gasteiger partial charge is 0.460 e. The topological polar surface area (TPSA) is 43.4 Å². The van der Waals surface area contributed by atoms with Gasteiger partial charge in [-0.05, 0) is 5.56 Å². The molecule has 0 amide bonds. The number of benzene rings is 1. The summed E-state index contributed by atoms with van der Waals surface area (Å²) in [5.74, 6) is -0.382. The average molecular weight is 310 g/mol. The molecule has 0 fully saturated rings. The van der Waals surface area contributed by atoms with E-state index < -0.39 is 17.5 Å². The Bertz CT molecular complexity index is 503. The van der Waals surface area contributed by atoms with Crippen LogP contribution in [0.5, 0.6) is 0 Å². The Morgan fingerprint density at radius 1 is 1.00 bits per heavy atom. The fourth-order valence-corrected chi connectivity index (χ4v) is 5.86. The molecule has 0 aromatic heterocycles. The van der Waals surface area contributed by atoms with Crippen molar-refractivity contribution in [1.29, 1.82) is 0 Å². The van der Waals surface area contributed by atoms with Gasteiger partial charge in [-0.3, -0.25) is 4.79 Å². The summed E-state index contributed by atoms with van der Waals surface area (Å²) < 4.78 is 18.7. The van der Waals surface area contributed by atoms with E-state index in [9.17, 15) is 9.36 Å². The molecule has 21 heavy (non-hydrogen) atoms. The van der Waals surface area contributed by atoms with Gasteiger partial charge in [-0.1, -0.05) is 71.9 Å². The van der Waals surface area contributed by atoms with E-state index in [2.05, 4.69) is 0 Å². The van der Waals surface area contributed by atoms with Crippen LogP contribution in [-0.2, 0) is 20.7 Å². The van der Waals surface area contributed by atoms with Crippen molar-refractivity contribution in [2.75, 3.05) is 6.16 Å². The second-order valence-corrected chi connectivity index (χ2v) is 11.9. The molecule has 1 aromatic carbocycles. The van der Waals surface area contributed by atoms with Gasteiger partial charge >= 0.3 is 5.97 Å². The third-order valence-electron chi connectivity index (χ3n) is 3.76. The van der Waals surface area contributed by atoms with Crippen LogP contribution < -0.4 is 0 Å². The fraction of sp³-hybridized carbons (Fsp3) is 0.588. The van der Waals surface area contributed by atoms with Gasteiger partial charge in [-0.15, -0.1) is 0 Å². The average Bonchev–Trinajstić information content (AvgIpc) is 2.35. The van der Waals surface area contributed by atoms with Crippen molar-refractivity contribution in [3.63, 3.8) is 0 Å². The summed E-state index contributed by atoms with van der Waals surface area (Å²) in [6, 6.07) is 9.52. The van der Waals surface area contributed by atoms with E-state index in [4.69, 9.17) is 4.74 Å². The number of hydrogen-bond donors (Lipinski definition) is 0. The lowest BCUT2D eigenvalue weighted by Crippen LogP contribution is -2.33. The summed E-state index contributed by atoms with van der Waals surface area (Å²) in [4.78, 5) is 12.1. The second kappa shape index (κ2) is 6.36. The fourth-order valence-electron chi connectivity index (χ4n) is 2.45. The first kappa shape index (κ1) is 18.0. The second-order valence-electron chi connectivity index (χ2n) is 7.39. The lowest BCUT2D eigenvalue weighted by atomic mass is 10.2. The molecule has 0 saturated carbocycles. The molecule has 118 valence electrons. The Morgan fingerprint density at radius 3 is 1.90 bits per heavy atom. The number of esters is 1. The van der Waals surface area contributed by atoms with Crippen LogP contribution in [0.2, 0.25) is 0 Å². The zero-order valence-corrected chi connectivity index (χ0v) is 14.9. The Morgan fingerprint density at radius 2 is 1.48 bits per heavy atom. The zero-order chi connectivity index (χ0) is 16.3. The molecule has 0 aliphatic heterocycles. The van der Waals surface area contributed by atoms with Gasteiger partial charge in [0.2, 0.25) is 0 Å². The van der Waals surface area contributed by atoms with Crippen LogP contribution in [0.3, 0.4) is 0 Å².